The second kappa shape index (κ2) is 6.48. The number of ether oxygens (including phenoxy) is 1. The van der Waals surface area contributed by atoms with Crippen LogP contribution in [0.5, 0.6) is 11.5 Å². The lowest BCUT2D eigenvalue weighted by Crippen LogP contribution is -1.94. The number of hydrogen-bond acceptors (Lipinski definition) is 5. The van der Waals surface area contributed by atoms with Crippen LogP contribution < -0.4 is 4.74 Å². The maximum atomic E-state index is 9.86. The number of azo groups is 1. The highest BCUT2D eigenvalue weighted by Crippen LogP contribution is 2.31. The number of aryl methyl sites for hydroxylation is 1. The fourth-order valence-electron chi connectivity index (χ4n) is 2.25. The van der Waals surface area contributed by atoms with Crippen LogP contribution in [0, 0.1) is 6.92 Å². The van der Waals surface area contributed by atoms with Crippen molar-refractivity contribution in [2.45, 2.75) is 20.3 Å². The topological polar surface area (TPSA) is 71.5 Å². The molecule has 0 spiro atoms. The summed E-state index contributed by atoms with van der Waals surface area (Å²) in [5, 5.41) is 18.5. The number of hydrogen-bond donors (Lipinski definition) is 1. The molecule has 0 aliphatic carbocycles. The number of para-hydroxylation sites is 1. The Morgan fingerprint density at radius 2 is 2.00 bits per heavy atom. The molecule has 0 saturated heterocycles. The SMILES string of the molecule is CCCOc1ccccc1N=Nc1c(C)nc2c(O)cccn12. The Bertz CT molecular complexity index is 855. The molecule has 0 aliphatic rings. The highest BCUT2D eigenvalue weighted by atomic mass is 16.5. The zero-order chi connectivity index (χ0) is 16.2. The monoisotopic (exact) mass is 310 g/mol. The van der Waals surface area contributed by atoms with Crippen LogP contribution in [-0.2, 0) is 0 Å². The quantitative estimate of drug-likeness (QED) is 0.702. The van der Waals surface area contributed by atoms with Crippen LogP contribution in [0.4, 0.5) is 11.5 Å². The van der Waals surface area contributed by atoms with Crippen LogP contribution in [0.1, 0.15) is 19.0 Å². The summed E-state index contributed by atoms with van der Waals surface area (Å²) in [6, 6.07) is 10.8. The van der Waals surface area contributed by atoms with E-state index in [0.29, 0.717) is 35.2 Å². The number of fused-ring (bicyclic) bond motifs is 1. The molecule has 0 unspecified atom stereocenters. The molecule has 1 aromatic carbocycles. The largest absolute Gasteiger partial charge is 0.504 e. The Kier molecular flexibility index (Phi) is 4.23. The lowest BCUT2D eigenvalue weighted by Gasteiger charge is -2.06. The van der Waals surface area contributed by atoms with Gasteiger partial charge in [-0.2, -0.15) is 0 Å². The van der Waals surface area contributed by atoms with Crippen molar-refractivity contribution in [3.05, 3.63) is 48.3 Å². The summed E-state index contributed by atoms with van der Waals surface area (Å²) in [6.45, 7) is 4.52. The normalized spacial score (nSPS) is 11.4. The van der Waals surface area contributed by atoms with Gasteiger partial charge in [-0.05, 0) is 37.6 Å². The van der Waals surface area contributed by atoms with Crippen LogP contribution in [0.15, 0.2) is 52.8 Å². The smallest absolute Gasteiger partial charge is 0.182 e. The van der Waals surface area contributed by atoms with Crippen molar-refractivity contribution < 1.29 is 9.84 Å². The molecule has 2 heterocycles. The van der Waals surface area contributed by atoms with Gasteiger partial charge in [0.1, 0.15) is 11.4 Å². The van der Waals surface area contributed by atoms with Crippen molar-refractivity contribution >= 4 is 17.2 Å². The molecule has 2 aromatic heterocycles. The minimum Gasteiger partial charge on any atom is -0.504 e. The first-order valence-corrected chi connectivity index (χ1v) is 7.51. The number of nitrogens with zero attached hydrogens (tertiary/aromatic N) is 4. The number of benzene rings is 1. The van der Waals surface area contributed by atoms with Crippen molar-refractivity contribution in [1.29, 1.82) is 0 Å². The standard InChI is InChI=1S/C17H18N4O2/c1-3-11-23-15-9-5-4-7-13(15)19-20-16-12(2)18-17-14(22)8-6-10-21(16)17/h4-10,22H,3,11H2,1-2H3. The average Bonchev–Trinajstić information content (AvgIpc) is 2.89. The van der Waals surface area contributed by atoms with Crippen LogP contribution >= 0.6 is 0 Å². The van der Waals surface area contributed by atoms with Crippen molar-refractivity contribution in [2.75, 3.05) is 6.61 Å². The van der Waals surface area contributed by atoms with Gasteiger partial charge >= 0.3 is 0 Å². The number of imidazole rings is 1. The third-order valence-electron chi connectivity index (χ3n) is 3.35. The average molecular weight is 310 g/mol. The highest BCUT2D eigenvalue weighted by Gasteiger charge is 2.11. The first-order chi connectivity index (χ1) is 11.2. The zero-order valence-corrected chi connectivity index (χ0v) is 13.1. The molecule has 0 radical (unpaired) electrons. The predicted molar refractivity (Wildman–Crippen MR) is 88.0 cm³/mol. The third-order valence-corrected chi connectivity index (χ3v) is 3.35. The van der Waals surface area contributed by atoms with Crippen molar-refractivity contribution in [3.63, 3.8) is 0 Å². The summed E-state index contributed by atoms with van der Waals surface area (Å²) in [5.74, 6) is 1.40. The van der Waals surface area contributed by atoms with Gasteiger partial charge in [-0.25, -0.2) is 4.98 Å². The molecule has 23 heavy (non-hydrogen) atoms. The number of aromatic hydroxyl groups is 1. The van der Waals surface area contributed by atoms with Crippen LogP contribution in [0.25, 0.3) is 5.65 Å². The van der Waals surface area contributed by atoms with E-state index in [9.17, 15) is 5.11 Å². The fraction of sp³-hybridized carbons (Fsp3) is 0.235. The fourth-order valence-corrected chi connectivity index (χ4v) is 2.25. The number of pyridine rings is 1. The molecule has 0 saturated carbocycles. The second-order valence-electron chi connectivity index (χ2n) is 5.12. The summed E-state index contributed by atoms with van der Waals surface area (Å²) in [5.41, 5.74) is 1.83. The minimum atomic E-state index is 0.115. The molecule has 0 bridgehead atoms. The summed E-state index contributed by atoms with van der Waals surface area (Å²) in [4.78, 5) is 4.32. The maximum absolute atomic E-state index is 9.86. The van der Waals surface area contributed by atoms with Crippen LogP contribution in [0.3, 0.4) is 0 Å². The van der Waals surface area contributed by atoms with Crippen molar-refractivity contribution in [1.82, 2.24) is 9.38 Å². The second-order valence-corrected chi connectivity index (χ2v) is 5.12. The Morgan fingerprint density at radius 3 is 2.83 bits per heavy atom. The summed E-state index contributed by atoms with van der Waals surface area (Å²) >= 11 is 0. The van der Waals surface area contributed by atoms with Gasteiger partial charge in [-0.15, -0.1) is 10.2 Å². The van der Waals surface area contributed by atoms with E-state index in [1.54, 1.807) is 22.7 Å². The van der Waals surface area contributed by atoms with Gasteiger partial charge in [0.05, 0.1) is 12.3 Å². The molecule has 1 N–H and O–H groups in total. The zero-order valence-electron chi connectivity index (χ0n) is 13.1. The molecule has 3 aromatic rings. The summed E-state index contributed by atoms with van der Waals surface area (Å²) < 4.78 is 7.39. The number of aromatic nitrogens is 2. The number of rotatable bonds is 5. The van der Waals surface area contributed by atoms with Gasteiger partial charge in [0.25, 0.3) is 0 Å². The van der Waals surface area contributed by atoms with E-state index >= 15 is 0 Å². The van der Waals surface area contributed by atoms with E-state index in [1.165, 1.54) is 0 Å². The van der Waals surface area contributed by atoms with Crippen LogP contribution in [0.2, 0.25) is 0 Å². The molecule has 0 aliphatic heterocycles. The van der Waals surface area contributed by atoms with E-state index in [1.807, 2.05) is 31.2 Å². The van der Waals surface area contributed by atoms with Crippen LogP contribution in [-0.4, -0.2) is 21.1 Å². The third kappa shape index (κ3) is 3.01. The van der Waals surface area contributed by atoms with Gasteiger partial charge in [0, 0.05) is 6.20 Å². The highest BCUT2D eigenvalue weighted by molar-refractivity contribution is 5.60. The molecule has 6 nitrogen and oxygen atoms in total. The first-order valence-electron chi connectivity index (χ1n) is 7.51. The van der Waals surface area contributed by atoms with Gasteiger partial charge in [-0.3, -0.25) is 4.40 Å². The van der Waals surface area contributed by atoms with E-state index in [-0.39, 0.29) is 5.75 Å². The maximum Gasteiger partial charge on any atom is 0.182 e. The molecule has 0 fully saturated rings. The summed E-state index contributed by atoms with van der Waals surface area (Å²) in [7, 11) is 0. The lowest BCUT2D eigenvalue weighted by atomic mass is 10.3. The molecule has 0 atom stereocenters. The van der Waals surface area contributed by atoms with E-state index in [2.05, 4.69) is 22.1 Å². The Balaban J connectivity index is 1.98. The summed E-state index contributed by atoms with van der Waals surface area (Å²) in [6.07, 6.45) is 2.72. The molecule has 3 rings (SSSR count). The molecule has 6 heteroatoms. The van der Waals surface area contributed by atoms with Gasteiger partial charge < -0.3 is 9.84 Å². The van der Waals surface area contributed by atoms with Gasteiger partial charge in [-0.1, -0.05) is 19.1 Å². The van der Waals surface area contributed by atoms with Crippen molar-refractivity contribution in [2.24, 2.45) is 10.2 Å². The van der Waals surface area contributed by atoms with Crippen molar-refractivity contribution in [3.8, 4) is 11.5 Å². The van der Waals surface area contributed by atoms with Gasteiger partial charge in [0.2, 0.25) is 0 Å². The van der Waals surface area contributed by atoms with E-state index in [0.717, 1.165) is 6.42 Å². The molecular formula is C17H18N4O2. The lowest BCUT2D eigenvalue weighted by molar-refractivity contribution is 0.318. The van der Waals surface area contributed by atoms with E-state index in [4.69, 9.17) is 4.74 Å². The minimum absolute atomic E-state index is 0.115. The molecule has 118 valence electrons. The predicted octanol–water partition coefficient (Wildman–Crippen LogP) is 4.55. The first kappa shape index (κ1) is 15.0. The molecule has 0 amide bonds. The Morgan fingerprint density at radius 1 is 1.17 bits per heavy atom. The van der Waals surface area contributed by atoms with E-state index < -0.39 is 0 Å². The van der Waals surface area contributed by atoms with Gasteiger partial charge in [0.15, 0.2) is 17.2 Å². The Hall–Kier alpha value is -2.89. The Labute approximate surface area is 134 Å². The molecular weight excluding hydrogens is 292 g/mol.